The molecule has 1 aromatic heterocycles. The first kappa shape index (κ1) is 30.8. The highest BCUT2D eigenvalue weighted by Crippen LogP contribution is 2.33. The number of para-hydroxylation sites is 1. The molecular formula is C36H34N4O5S. The van der Waals surface area contributed by atoms with E-state index in [9.17, 15) is 22.8 Å². The molecule has 1 saturated heterocycles. The highest BCUT2D eigenvalue weighted by Gasteiger charge is 2.35. The molecule has 0 unspecified atom stereocenters. The van der Waals surface area contributed by atoms with Crippen molar-refractivity contribution < 1.29 is 22.8 Å². The van der Waals surface area contributed by atoms with Crippen LogP contribution in [0.2, 0.25) is 0 Å². The van der Waals surface area contributed by atoms with Gasteiger partial charge in [0.25, 0.3) is 27.6 Å². The molecule has 234 valence electrons. The smallest absolute Gasteiger partial charge is 0.295 e. The van der Waals surface area contributed by atoms with Crippen molar-refractivity contribution in [2.24, 2.45) is 0 Å². The summed E-state index contributed by atoms with van der Waals surface area (Å²) >= 11 is 0. The number of hydrogen-bond donors (Lipinski definition) is 1. The SMILES string of the molecule is Cc1ccc(-n2cc(C(=O)C(=O)N3CCN(C(=O)c4ccccc4)C[C@H]3C)c3cccc(NS(=O)(=O)c4ccc(C)cc4)c32)cc1. The zero-order chi connectivity index (χ0) is 32.6. The van der Waals surface area contributed by atoms with Gasteiger partial charge in [-0.3, -0.25) is 19.1 Å². The lowest BCUT2D eigenvalue weighted by Gasteiger charge is -2.39. The highest BCUT2D eigenvalue weighted by atomic mass is 32.2. The van der Waals surface area contributed by atoms with E-state index in [0.717, 1.165) is 11.1 Å². The Bertz CT molecular complexity index is 2050. The Morgan fingerprint density at radius 2 is 1.43 bits per heavy atom. The van der Waals surface area contributed by atoms with E-state index in [4.69, 9.17) is 0 Å². The van der Waals surface area contributed by atoms with Gasteiger partial charge in [-0.2, -0.15) is 0 Å². The first-order valence-corrected chi connectivity index (χ1v) is 16.5. The summed E-state index contributed by atoms with van der Waals surface area (Å²) in [6.07, 6.45) is 1.60. The van der Waals surface area contributed by atoms with E-state index in [1.807, 2.05) is 51.1 Å². The van der Waals surface area contributed by atoms with Gasteiger partial charge in [0.05, 0.1) is 21.7 Å². The molecule has 5 aromatic rings. The van der Waals surface area contributed by atoms with Gasteiger partial charge in [-0.1, -0.05) is 65.7 Å². The largest absolute Gasteiger partial charge is 0.335 e. The Hall–Kier alpha value is -5.22. The molecule has 0 saturated carbocycles. The molecule has 1 aliphatic rings. The normalized spacial score (nSPS) is 15.2. The molecular weight excluding hydrogens is 600 g/mol. The van der Waals surface area contributed by atoms with E-state index in [2.05, 4.69) is 4.72 Å². The van der Waals surface area contributed by atoms with Crippen LogP contribution < -0.4 is 4.72 Å². The van der Waals surface area contributed by atoms with Crippen LogP contribution in [0.5, 0.6) is 0 Å². The van der Waals surface area contributed by atoms with Gasteiger partial charge >= 0.3 is 0 Å². The number of carbonyl (C=O) groups excluding carboxylic acids is 3. The van der Waals surface area contributed by atoms with Crippen LogP contribution in [0, 0.1) is 13.8 Å². The number of sulfonamides is 1. The maximum atomic E-state index is 14.0. The number of rotatable bonds is 7. The van der Waals surface area contributed by atoms with E-state index in [0.29, 0.717) is 35.2 Å². The minimum atomic E-state index is -3.97. The Labute approximate surface area is 268 Å². The summed E-state index contributed by atoms with van der Waals surface area (Å²) in [4.78, 5) is 44.1. The number of hydrogen-bond acceptors (Lipinski definition) is 5. The van der Waals surface area contributed by atoms with E-state index < -0.39 is 21.7 Å². The minimum Gasteiger partial charge on any atom is -0.335 e. The zero-order valence-corrected chi connectivity index (χ0v) is 26.6. The summed E-state index contributed by atoms with van der Waals surface area (Å²) in [5, 5.41) is 0.438. The number of benzene rings is 4. The van der Waals surface area contributed by atoms with Crippen LogP contribution in [-0.2, 0) is 14.8 Å². The molecule has 0 aliphatic carbocycles. The van der Waals surface area contributed by atoms with Crippen LogP contribution in [0.3, 0.4) is 0 Å². The lowest BCUT2D eigenvalue weighted by atomic mass is 10.1. The maximum absolute atomic E-state index is 14.0. The summed E-state index contributed by atoms with van der Waals surface area (Å²) in [7, 11) is -3.97. The van der Waals surface area contributed by atoms with Gasteiger partial charge in [0.1, 0.15) is 0 Å². The van der Waals surface area contributed by atoms with E-state index in [-0.39, 0.29) is 34.6 Å². The van der Waals surface area contributed by atoms with Gasteiger partial charge in [0.2, 0.25) is 0 Å². The number of Topliss-reactive ketones (excluding diaryl/α,β-unsaturated/α-hetero) is 1. The minimum absolute atomic E-state index is 0.105. The summed E-state index contributed by atoms with van der Waals surface area (Å²) in [6, 6.07) is 27.7. The second kappa shape index (κ2) is 12.3. The third-order valence-electron chi connectivity index (χ3n) is 8.35. The summed E-state index contributed by atoms with van der Waals surface area (Å²) in [5.41, 5.74) is 4.11. The van der Waals surface area contributed by atoms with Crippen molar-refractivity contribution in [1.29, 1.82) is 0 Å². The number of carbonyl (C=O) groups is 3. The number of ketones is 1. The Morgan fingerprint density at radius 3 is 2.09 bits per heavy atom. The van der Waals surface area contributed by atoms with Gasteiger partial charge in [-0.05, 0) is 63.2 Å². The molecule has 0 radical (unpaired) electrons. The summed E-state index contributed by atoms with van der Waals surface area (Å²) in [5.74, 6) is -1.50. The van der Waals surface area contributed by atoms with Gasteiger partial charge in [-0.25, -0.2) is 8.42 Å². The van der Waals surface area contributed by atoms with Gasteiger partial charge in [0.15, 0.2) is 0 Å². The maximum Gasteiger partial charge on any atom is 0.295 e. The molecule has 0 spiro atoms. The van der Waals surface area contributed by atoms with Gasteiger partial charge in [-0.15, -0.1) is 0 Å². The van der Waals surface area contributed by atoms with Crippen molar-refractivity contribution >= 4 is 44.2 Å². The Kier molecular flexibility index (Phi) is 8.22. The van der Waals surface area contributed by atoms with Crippen molar-refractivity contribution in [3.05, 3.63) is 126 Å². The average molecular weight is 635 g/mol. The molecule has 1 N–H and O–H groups in total. The van der Waals surface area contributed by atoms with Crippen molar-refractivity contribution in [3.8, 4) is 5.69 Å². The van der Waals surface area contributed by atoms with Gasteiger partial charge in [0, 0.05) is 48.5 Å². The first-order valence-electron chi connectivity index (χ1n) is 15.0. The zero-order valence-electron chi connectivity index (χ0n) is 25.8. The Morgan fingerprint density at radius 1 is 0.783 bits per heavy atom. The van der Waals surface area contributed by atoms with Crippen LogP contribution in [0.25, 0.3) is 16.6 Å². The van der Waals surface area contributed by atoms with E-state index in [1.54, 1.807) is 82.4 Å². The first-order chi connectivity index (χ1) is 22.0. The molecule has 1 atom stereocenters. The predicted molar refractivity (Wildman–Crippen MR) is 178 cm³/mol. The van der Waals surface area contributed by atoms with Crippen LogP contribution in [0.15, 0.2) is 108 Å². The second-order valence-corrected chi connectivity index (χ2v) is 13.3. The molecule has 9 nitrogen and oxygen atoms in total. The molecule has 4 aromatic carbocycles. The van der Waals surface area contributed by atoms with E-state index in [1.165, 1.54) is 4.90 Å². The monoisotopic (exact) mass is 634 g/mol. The molecule has 1 aliphatic heterocycles. The van der Waals surface area contributed by atoms with Crippen LogP contribution >= 0.6 is 0 Å². The quantitative estimate of drug-likeness (QED) is 0.185. The molecule has 2 amide bonds. The van der Waals surface area contributed by atoms with Crippen LogP contribution in [0.1, 0.15) is 38.8 Å². The molecule has 46 heavy (non-hydrogen) atoms. The van der Waals surface area contributed by atoms with E-state index >= 15 is 0 Å². The molecule has 1 fully saturated rings. The number of fused-ring (bicyclic) bond motifs is 1. The predicted octanol–water partition coefficient (Wildman–Crippen LogP) is 5.60. The average Bonchev–Trinajstić information content (AvgIpc) is 3.45. The second-order valence-electron chi connectivity index (χ2n) is 11.7. The van der Waals surface area contributed by atoms with Crippen LogP contribution in [0.4, 0.5) is 5.69 Å². The van der Waals surface area contributed by atoms with Crippen molar-refractivity contribution in [2.45, 2.75) is 31.7 Å². The van der Waals surface area contributed by atoms with Gasteiger partial charge < -0.3 is 14.4 Å². The fourth-order valence-corrected chi connectivity index (χ4v) is 6.90. The number of piperazine rings is 1. The topological polar surface area (TPSA) is 109 Å². The number of nitrogens with one attached hydrogen (secondary N) is 1. The molecule has 10 heteroatoms. The lowest BCUT2D eigenvalue weighted by Crippen LogP contribution is -2.56. The highest BCUT2D eigenvalue weighted by molar-refractivity contribution is 7.92. The summed E-state index contributed by atoms with van der Waals surface area (Å²) < 4.78 is 31.3. The molecule has 2 heterocycles. The third-order valence-corrected chi connectivity index (χ3v) is 9.73. The molecule has 0 bridgehead atoms. The Balaban J connectivity index is 1.34. The van der Waals surface area contributed by atoms with Crippen molar-refractivity contribution in [3.63, 3.8) is 0 Å². The molecule has 6 rings (SSSR count). The number of anilines is 1. The fraction of sp³-hybridized carbons (Fsp3) is 0.194. The standard InChI is InChI=1S/C36H34N4O5S/c1-24-12-16-28(17-13-24)40-23-31(30-10-7-11-32(33(30)40)37-46(44,45)29-18-14-25(2)15-19-29)34(41)36(43)39-21-20-38(22-26(39)3)35(42)27-8-5-4-6-9-27/h4-19,23,26,37H,20-22H2,1-3H3/t26-/m1/s1. The number of amides is 2. The van der Waals surface area contributed by atoms with Crippen molar-refractivity contribution in [1.82, 2.24) is 14.4 Å². The number of aromatic nitrogens is 1. The number of aryl methyl sites for hydroxylation is 2. The third kappa shape index (κ3) is 5.91. The van der Waals surface area contributed by atoms with Crippen LogP contribution in [-0.4, -0.2) is 66.1 Å². The number of nitrogens with zero attached hydrogens (tertiary/aromatic N) is 3. The lowest BCUT2D eigenvalue weighted by molar-refractivity contribution is -0.130. The fourth-order valence-electron chi connectivity index (χ4n) is 5.83. The van der Waals surface area contributed by atoms with Crippen molar-refractivity contribution in [2.75, 3.05) is 24.4 Å². The summed E-state index contributed by atoms with van der Waals surface area (Å²) in [6.45, 7) is 6.46.